The lowest BCUT2D eigenvalue weighted by Crippen LogP contribution is -2.29. The molecule has 1 aliphatic heterocycles. The maximum absolute atomic E-state index is 4.95. The molecule has 1 fully saturated rings. The fourth-order valence-electron chi connectivity index (χ4n) is 0.406. The average molecular weight is 136 g/mol. The normalized spacial score (nSPS) is 21.9. The van der Waals surface area contributed by atoms with Gasteiger partial charge in [-0.1, -0.05) is 21.6 Å². The van der Waals surface area contributed by atoms with Crippen molar-refractivity contribution in [3.05, 3.63) is 0 Å². The summed E-state index contributed by atoms with van der Waals surface area (Å²) in [5, 5.41) is 0.787. The molecule has 0 atom stereocenters. The van der Waals surface area contributed by atoms with E-state index >= 15 is 0 Å². The predicted molar refractivity (Wildman–Crippen MR) is 35.7 cm³/mol. The van der Waals surface area contributed by atoms with Crippen LogP contribution in [0.15, 0.2) is 0 Å². The van der Waals surface area contributed by atoms with E-state index in [0.29, 0.717) is 0 Å². The van der Waals surface area contributed by atoms with Crippen LogP contribution >= 0.6 is 21.6 Å². The van der Waals surface area contributed by atoms with Crippen molar-refractivity contribution < 1.29 is 4.74 Å². The molecule has 0 spiro atoms. The fourth-order valence-corrected chi connectivity index (χ4v) is 2.13. The van der Waals surface area contributed by atoms with E-state index in [1.807, 2.05) is 21.6 Å². The summed E-state index contributed by atoms with van der Waals surface area (Å²) in [6.45, 7) is 1.93. The van der Waals surface area contributed by atoms with Gasteiger partial charge in [0.2, 0.25) is 0 Å². The first kappa shape index (κ1) is 5.79. The lowest BCUT2D eigenvalue weighted by molar-refractivity contribution is 0.0461. The smallest absolute Gasteiger partial charge is 0.0619 e. The number of hydrogen-bond acceptors (Lipinski definition) is 3. The minimum absolute atomic E-state index is 0.787. The monoisotopic (exact) mass is 136 g/mol. The van der Waals surface area contributed by atoms with Crippen LogP contribution in [0.5, 0.6) is 0 Å². The molecule has 0 N–H and O–H groups in total. The van der Waals surface area contributed by atoms with Crippen molar-refractivity contribution in [3.63, 3.8) is 0 Å². The largest absolute Gasteiger partial charge is 0.379 e. The molecule has 0 aliphatic carbocycles. The van der Waals surface area contributed by atoms with Gasteiger partial charge in [0.05, 0.1) is 18.5 Å². The quantitative estimate of drug-likeness (QED) is 0.531. The molecule has 1 rings (SSSR count). The third-order valence-corrected chi connectivity index (χ3v) is 2.97. The van der Waals surface area contributed by atoms with E-state index in [-0.39, 0.29) is 0 Å². The Morgan fingerprint density at radius 1 is 1.57 bits per heavy atom. The van der Waals surface area contributed by atoms with Crippen LogP contribution in [0.3, 0.4) is 0 Å². The van der Waals surface area contributed by atoms with Crippen molar-refractivity contribution in [1.29, 1.82) is 0 Å². The Morgan fingerprint density at radius 3 is 2.43 bits per heavy atom. The highest BCUT2D eigenvalue weighted by molar-refractivity contribution is 8.76. The van der Waals surface area contributed by atoms with Crippen LogP contribution in [0.1, 0.15) is 0 Å². The summed E-state index contributed by atoms with van der Waals surface area (Å²) in [4.78, 5) is 0. The van der Waals surface area contributed by atoms with Crippen molar-refractivity contribution in [3.8, 4) is 0 Å². The summed E-state index contributed by atoms with van der Waals surface area (Å²) < 4.78 is 4.95. The van der Waals surface area contributed by atoms with E-state index in [1.54, 1.807) is 0 Å². The van der Waals surface area contributed by atoms with Crippen molar-refractivity contribution in [2.75, 3.05) is 19.5 Å². The molecule has 0 aromatic rings. The lowest BCUT2D eigenvalue weighted by Gasteiger charge is -2.23. The van der Waals surface area contributed by atoms with Gasteiger partial charge >= 0.3 is 0 Å². The lowest BCUT2D eigenvalue weighted by atomic mass is 10.4. The fraction of sp³-hybridized carbons (Fsp3) is 1.00. The third kappa shape index (κ3) is 1.55. The number of rotatable bonds is 2. The molecule has 0 amide bonds. The minimum atomic E-state index is 0.787. The van der Waals surface area contributed by atoms with Gasteiger partial charge in [0.15, 0.2) is 0 Å². The summed E-state index contributed by atoms with van der Waals surface area (Å²) in [6.07, 6.45) is 2.10. The molecule has 0 aromatic heterocycles. The second-order valence-corrected chi connectivity index (χ2v) is 4.19. The van der Waals surface area contributed by atoms with Crippen molar-refractivity contribution >= 4 is 21.6 Å². The Morgan fingerprint density at radius 2 is 2.29 bits per heavy atom. The van der Waals surface area contributed by atoms with E-state index in [0.717, 1.165) is 18.5 Å². The molecule has 1 saturated heterocycles. The topological polar surface area (TPSA) is 9.23 Å². The van der Waals surface area contributed by atoms with Gasteiger partial charge in [-0.2, -0.15) is 0 Å². The third-order valence-electron chi connectivity index (χ3n) is 0.840. The van der Waals surface area contributed by atoms with Crippen LogP contribution < -0.4 is 0 Å². The van der Waals surface area contributed by atoms with E-state index in [4.69, 9.17) is 4.74 Å². The molecule has 7 heavy (non-hydrogen) atoms. The van der Waals surface area contributed by atoms with Gasteiger partial charge in [-0.05, 0) is 6.26 Å². The summed E-state index contributed by atoms with van der Waals surface area (Å²) in [5.74, 6) is 0. The first-order valence-corrected chi connectivity index (χ1v) is 4.83. The number of ether oxygens (including phenoxy) is 1. The highest BCUT2D eigenvalue weighted by Gasteiger charge is 2.17. The van der Waals surface area contributed by atoms with E-state index < -0.39 is 0 Å². The molecule has 0 bridgehead atoms. The van der Waals surface area contributed by atoms with E-state index in [2.05, 4.69) is 6.26 Å². The molecule has 1 nitrogen and oxygen atoms in total. The maximum Gasteiger partial charge on any atom is 0.0619 e. The summed E-state index contributed by atoms with van der Waals surface area (Å²) in [5.41, 5.74) is 0. The highest BCUT2D eigenvalue weighted by Crippen LogP contribution is 2.28. The van der Waals surface area contributed by atoms with Gasteiger partial charge in [0.25, 0.3) is 0 Å². The van der Waals surface area contributed by atoms with Crippen LogP contribution in [0.25, 0.3) is 0 Å². The standard InChI is InChI=1S/C4H8OS2/c1-6-7-4-2-5-3-4/h4H,2-3H2,1H3. The zero-order chi connectivity index (χ0) is 5.11. The van der Waals surface area contributed by atoms with Crippen molar-refractivity contribution in [1.82, 2.24) is 0 Å². The summed E-state index contributed by atoms with van der Waals surface area (Å²) >= 11 is 0. The van der Waals surface area contributed by atoms with Gasteiger partial charge in [-0.25, -0.2) is 0 Å². The van der Waals surface area contributed by atoms with E-state index in [9.17, 15) is 0 Å². The average Bonchev–Trinajstić information content (AvgIpc) is 1.55. The van der Waals surface area contributed by atoms with Crippen molar-refractivity contribution in [2.24, 2.45) is 0 Å². The van der Waals surface area contributed by atoms with Gasteiger partial charge < -0.3 is 4.74 Å². The van der Waals surface area contributed by atoms with Crippen LogP contribution in [0.4, 0.5) is 0 Å². The molecule has 0 radical (unpaired) electrons. The zero-order valence-corrected chi connectivity index (χ0v) is 5.85. The molecule has 1 heterocycles. The Bertz CT molecular complexity index is 53.7. The molecule has 0 unspecified atom stereocenters. The molecular weight excluding hydrogens is 128 g/mol. The molecule has 0 saturated carbocycles. The Hall–Kier alpha value is 0.660. The SMILES string of the molecule is CSSC1COC1. The van der Waals surface area contributed by atoms with Gasteiger partial charge in [0.1, 0.15) is 0 Å². The number of hydrogen-bond donors (Lipinski definition) is 0. The molecule has 42 valence electrons. The maximum atomic E-state index is 4.95. The zero-order valence-electron chi connectivity index (χ0n) is 4.22. The van der Waals surface area contributed by atoms with Crippen LogP contribution in [-0.2, 0) is 4.74 Å². The molecule has 0 aromatic carbocycles. The Kier molecular flexibility index (Phi) is 2.35. The Labute approximate surface area is 51.6 Å². The van der Waals surface area contributed by atoms with Crippen LogP contribution in [0.2, 0.25) is 0 Å². The first-order valence-electron chi connectivity index (χ1n) is 2.20. The first-order chi connectivity index (χ1) is 3.43. The second kappa shape index (κ2) is 2.84. The molecule has 1 aliphatic rings. The molecular formula is C4H8OS2. The predicted octanol–water partition coefficient (Wildman–Crippen LogP) is 1.40. The van der Waals surface area contributed by atoms with Crippen LogP contribution in [-0.4, -0.2) is 24.7 Å². The second-order valence-electron chi connectivity index (χ2n) is 1.42. The Balaban J connectivity index is 1.93. The van der Waals surface area contributed by atoms with E-state index in [1.165, 1.54) is 0 Å². The van der Waals surface area contributed by atoms with Crippen LogP contribution in [0, 0.1) is 0 Å². The highest BCUT2D eigenvalue weighted by atomic mass is 33.1. The minimum Gasteiger partial charge on any atom is -0.379 e. The van der Waals surface area contributed by atoms with Crippen molar-refractivity contribution in [2.45, 2.75) is 5.25 Å². The summed E-state index contributed by atoms with van der Waals surface area (Å²) in [7, 11) is 3.73. The van der Waals surface area contributed by atoms with Gasteiger partial charge in [-0.15, -0.1) is 0 Å². The van der Waals surface area contributed by atoms with Gasteiger partial charge in [0, 0.05) is 0 Å². The molecule has 3 heteroatoms. The summed E-state index contributed by atoms with van der Waals surface area (Å²) in [6, 6.07) is 0. The van der Waals surface area contributed by atoms with Gasteiger partial charge in [-0.3, -0.25) is 0 Å².